The molecule has 0 N–H and O–H groups in total. The van der Waals surface area contributed by atoms with Crippen LogP contribution in [0.15, 0.2) is 0 Å². The molecule has 0 rings (SSSR count). The second-order valence-corrected chi connectivity index (χ2v) is 5.02. The van der Waals surface area contributed by atoms with E-state index in [1.807, 2.05) is 6.07 Å². The summed E-state index contributed by atoms with van der Waals surface area (Å²) < 4.78 is 22.8. The van der Waals surface area contributed by atoms with E-state index in [1.165, 1.54) is 0 Å². The van der Waals surface area contributed by atoms with Gasteiger partial charge in [-0.2, -0.15) is 18.0 Å². The zero-order chi connectivity index (χ0) is 9.78. The van der Waals surface area contributed by atoms with Gasteiger partial charge in [0.25, 0.3) is 9.24 Å². The molecule has 0 saturated heterocycles. The second-order valence-electron chi connectivity index (χ2n) is 2.55. The molecule has 6 heteroatoms. The molecular weight excluding hydrogens is 200 g/mol. The van der Waals surface area contributed by atoms with Crippen molar-refractivity contribution >= 4 is 19.9 Å². The Bertz CT molecular complexity index is 268. The van der Waals surface area contributed by atoms with Gasteiger partial charge in [-0.25, -0.2) is 0 Å². The van der Waals surface area contributed by atoms with Gasteiger partial charge in [0.2, 0.25) is 0 Å². The standard InChI is InChI=1S/C6H11ClN2O2S/c1-6(2)9(5-3-4-8)12(7,10)11/h6H,3,5H2,1-2H3. The van der Waals surface area contributed by atoms with Gasteiger partial charge in [-0.15, -0.1) is 0 Å². The first-order valence-corrected chi connectivity index (χ1v) is 5.74. The van der Waals surface area contributed by atoms with E-state index in [0.29, 0.717) is 0 Å². The lowest BCUT2D eigenvalue weighted by Crippen LogP contribution is -2.34. The van der Waals surface area contributed by atoms with Crippen LogP contribution in [0.4, 0.5) is 0 Å². The molecule has 0 unspecified atom stereocenters. The van der Waals surface area contributed by atoms with Crippen LogP contribution < -0.4 is 0 Å². The van der Waals surface area contributed by atoms with Gasteiger partial charge in [-0.1, -0.05) is 0 Å². The van der Waals surface area contributed by atoms with Gasteiger partial charge < -0.3 is 0 Å². The highest BCUT2D eigenvalue weighted by molar-refractivity contribution is 8.11. The van der Waals surface area contributed by atoms with Gasteiger partial charge in [0, 0.05) is 29.7 Å². The molecule has 0 aromatic carbocycles. The molecule has 0 aromatic rings. The second kappa shape index (κ2) is 4.65. The Hall–Kier alpha value is -0.310. The molecule has 0 radical (unpaired) electrons. The number of nitrogens with zero attached hydrogens (tertiary/aromatic N) is 2. The van der Waals surface area contributed by atoms with E-state index in [9.17, 15) is 8.42 Å². The Morgan fingerprint density at radius 2 is 2.08 bits per heavy atom. The third kappa shape index (κ3) is 3.90. The molecule has 0 atom stereocenters. The first kappa shape index (κ1) is 11.7. The zero-order valence-electron chi connectivity index (χ0n) is 6.99. The zero-order valence-corrected chi connectivity index (χ0v) is 8.56. The molecule has 0 aromatic heterocycles. The van der Waals surface area contributed by atoms with E-state index in [-0.39, 0.29) is 19.0 Å². The predicted octanol–water partition coefficient (Wildman–Crippen LogP) is 1.09. The largest absolute Gasteiger partial charge is 0.300 e. The average molecular weight is 211 g/mol. The summed E-state index contributed by atoms with van der Waals surface area (Å²) in [5.41, 5.74) is 0. The molecule has 12 heavy (non-hydrogen) atoms. The van der Waals surface area contributed by atoms with Gasteiger partial charge in [-0.05, 0) is 13.8 Å². The lowest BCUT2D eigenvalue weighted by Gasteiger charge is -2.20. The van der Waals surface area contributed by atoms with Crippen molar-refractivity contribution in [3.8, 4) is 6.07 Å². The molecule has 0 spiro atoms. The molecule has 0 bridgehead atoms. The number of hydrogen-bond donors (Lipinski definition) is 0. The van der Waals surface area contributed by atoms with Crippen LogP contribution in [0.2, 0.25) is 0 Å². The highest BCUT2D eigenvalue weighted by Gasteiger charge is 2.21. The van der Waals surface area contributed by atoms with Crippen LogP contribution in [0.1, 0.15) is 20.3 Å². The Morgan fingerprint density at radius 3 is 2.33 bits per heavy atom. The van der Waals surface area contributed by atoms with Crippen molar-refractivity contribution in [2.24, 2.45) is 0 Å². The van der Waals surface area contributed by atoms with Gasteiger partial charge in [0.05, 0.1) is 6.07 Å². The number of halogens is 1. The van der Waals surface area contributed by atoms with Crippen molar-refractivity contribution in [2.75, 3.05) is 6.54 Å². The Balaban J connectivity index is 4.38. The molecule has 0 amide bonds. The van der Waals surface area contributed by atoms with Crippen LogP contribution in [0.25, 0.3) is 0 Å². The van der Waals surface area contributed by atoms with Crippen molar-refractivity contribution in [1.29, 1.82) is 5.26 Å². The molecule has 0 saturated carbocycles. The van der Waals surface area contributed by atoms with Gasteiger partial charge in [0.1, 0.15) is 0 Å². The van der Waals surface area contributed by atoms with Gasteiger partial charge in [0.15, 0.2) is 0 Å². The highest BCUT2D eigenvalue weighted by Crippen LogP contribution is 2.11. The summed E-state index contributed by atoms with van der Waals surface area (Å²) in [7, 11) is 1.44. The minimum atomic E-state index is -3.68. The smallest absolute Gasteiger partial charge is 0.198 e. The fraction of sp³-hybridized carbons (Fsp3) is 0.833. The topological polar surface area (TPSA) is 61.2 Å². The molecule has 4 nitrogen and oxygen atoms in total. The van der Waals surface area contributed by atoms with Crippen LogP contribution >= 0.6 is 10.7 Å². The van der Waals surface area contributed by atoms with Crippen molar-refractivity contribution in [1.82, 2.24) is 4.31 Å². The summed E-state index contributed by atoms with van der Waals surface area (Å²) in [6.07, 6.45) is 0.157. The summed E-state index contributed by atoms with van der Waals surface area (Å²) in [6.45, 7) is 3.56. The molecule has 0 fully saturated rings. The van der Waals surface area contributed by atoms with E-state index >= 15 is 0 Å². The monoisotopic (exact) mass is 210 g/mol. The maximum absolute atomic E-state index is 10.9. The summed E-state index contributed by atoms with van der Waals surface area (Å²) in [5, 5.41) is 8.25. The molecule has 0 aliphatic heterocycles. The van der Waals surface area contributed by atoms with E-state index < -0.39 is 9.24 Å². The summed E-state index contributed by atoms with van der Waals surface area (Å²) >= 11 is 0. The Labute approximate surface area is 77.3 Å². The third-order valence-corrected chi connectivity index (χ3v) is 3.00. The molecular formula is C6H11ClN2O2S. The first-order valence-electron chi connectivity index (χ1n) is 3.48. The molecule has 0 aliphatic rings. The Kier molecular flexibility index (Phi) is 4.53. The van der Waals surface area contributed by atoms with Crippen LogP contribution in [0.3, 0.4) is 0 Å². The van der Waals surface area contributed by atoms with Crippen molar-refractivity contribution in [3.63, 3.8) is 0 Å². The molecule has 70 valence electrons. The van der Waals surface area contributed by atoms with Crippen LogP contribution in [-0.4, -0.2) is 25.3 Å². The minimum absolute atomic E-state index is 0.153. The van der Waals surface area contributed by atoms with Gasteiger partial charge in [-0.3, -0.25) is 0 Å². The quantitative estimate of drug-likeness (QED) is 0.653. The number of rotatable bonds is 4. The first-order chi connectivity index (χ1) is 5.39. The van der Waals surface area contributed by atoms with E-state index in [4.69, 9.17) is 15.9 Å². The van der Waals surface area contributed by atoms with Crippen molar-refractivity contribution in [2.45, 2.75) is 26.3 Å². The number of hydrogen-bond acceptors (Lipinski definition) is 3. The van der Waals surface area contributed by atoms with Crippen molar-refractivity contribution < 1.29 is 8.42 Å². The van der Waals surface area contributed by atoms with E-state index in [0.717, 1.165) is 4.31 Å². The van der Waals surface area contributed by atoms with Gasteiger partial charge >= 0.3 is 0 Å². The van der Waals surface area contributed by atoms with Crippen molar-refractivity contribution in [3.05, 3.63) is 0 Å². The summed E-state index contributed by atoms with van der Waals surface area (Å²) in [4.78, 5) is 0. The molecule has 0 heterocycles. The predicted molar refractivity (Wildman–Crippen MR) is 46.8 cm³/mol. The fourth-order valence-electron chi connectivity index (χ4n) is 0.779. The van der Waals surface area contributed by atoms with Crippen LogP contribution in [0, 0.1) is 11.3 Å². The van der Waals surface area contributed by atoms with Crippen LogP contribution in [-0.2, 0) is 9.24 Å². The van der Waals surface area contributed by atoms with Crippen LogP contribution in [0.5, 0.6) is 0 Å². The molecule has 0 aliphatic carbocycles. The maximum atomic E-state index is 10.9. The normalized spacial score (nSPS) is 12.0. The number of nitriles is 1. The minimum Gasteiger partial charge on any atom is -0.198 e. The van der Waals surface area contributed by atoms with E-state index in [1.54, 1.807) is 13.8 Å². The Morgan fingerprint density at radius 1 is 1.58 bits per heavy atom. The summed E-state index contributed by atoms with van der Waals surface area (Å²) in [6, 6.07) is 1.65. The lowest BCUT2D eigenvalue weighted by atomic mass is 10.3. The third-order valence-electron chi connectivity index (χ3n) is 1.30. The maximum Gasteiger partial charge on any atom is 0.300 e. The summed E-state index contributed by atoms with van der Waals surface area (Å²) in [5.74, 6) is 0. The highest BCUT2D eigenvalue weighted by atomic mass is 35.7. The average Bonchev–Trinajstić information content (AvgIpc) is 1.84. The SMILES string of the molecule is CC(C)N(CCC#N)S(=O)(=O)Cl. The fourth-order valence-corrected chi connectivity index (χ4v) is 2.28. The lowest BCUT2D eigenvalue weighted by molar-refractivity contribution is 0.368. The van der Waals surface area contributed by atoms with E-state index in [2.05, 4.69) is 0 Å².